The lowest BCUT2D eigenvalue weighted by Gasteiger charge is -2.39. The number of fused-ring (bicyclic) bond motifs is 3. The Morgan fingerprint density at radius 2 is 1.89 bits per heavy atom. The van der Waals surface area contributed by atoms with Gasteiger partial charge in [-0.05, 0) is 54.4 Å². The summed E-state index contributed by atoms with van der Waals surface area (Å²) in [6.45, 7) is 0.539. The standard InChI is InChI=1S/C21H25NO5/c1-26-18-9-14-5-6-22(21(25)16-8-12-3-4-13(16)7-12)17(11-20(23)24)15(14)10-19(18)27-2/h3-4,9-10,12-13,16-17H,5-8,11H2,1-2H3,(H,23,24). The van der Waals surface area contributed by atoms with Crippen LogP contribution in [0, 0.1) is 17.8 Å². The molecule has 0 radical (unpaired) electrons. The highest BCUT2D eigenvalue weighted by Crippen LogP contribution is 2.46. The largest absolute Gasteiger partial charge is 0.493 e. The Morgan fingerprint density at radius 1 is 1.15 bits per heavy atom. The van der Waals surface area contributed by atoms with E-state index in [0.29, 0.717) is 36.3 Å². The number of amides is 1. The molecule has 4 rings (SSSR count). The molecule has 4 unspecified atom stereocenters. The zero-order chi connectivity index (χ0) is 19.1. The number of ether oxygens (including phenoxy) is 2. The van der Waals surface area contributed by atoms with Gasteiger partial charge in [-0.25, -0.2) is 0 Å². The number of hydrogen-bond acceptors (Lipinski definition) is 4. The monoisotopic (exact) mass is 371 g/mol. The number of carbonyl (C=O) groups is 2. The van der Waals surface area contributed by atoms with Crippen molar-refractivity contribution in [3.05, 3.63) is 35.4 Å². The molecule has 1 N–H and O–H groups in total. The van der Waals surface area contributed by atoms with Crippen LogP contribution in [0.2, 0.25) is 0 Å². The van der Waals surface area contributed by atoms with Gasteiger partial charge in [0.15, 0.2) is 11.5 Å². The number of allylic oxidation sites excluding steroid dienone is 2. The summed E-state index contributed by atoms with van der Waals surface area (Å²) in [7, 11) is 3.14. The Labute approximate surface area is 158 Å². The van der Waals surface area contributed by atoms with Gasteiger partial charge in [-0.15, -0.1) is 0 Å². The van der Waals surface area contributed by atoms with Crippen molar-refractivity contribution in [2.75, 3.05) is 20.8 Å². The first-order chi connectivity index (χ1) is 13.0. The molecule has 1 aromatic carbocycles. The number of nitrogens with zero attached hydrogens (tertiary/aromatic N) is 1. The Hall–Kier alpha value is -2.50. The molecular weight excluding hydrogens is 346 g/mol. The van der Waals surface area contributed by atoms with E-state index in [4.69, 9.17) is 9.47 Å². The minimum Gasteiger partial charge on any atom is -0.493 e. The minimum absolute atomic E-state index is 0.0158. The molecule has 4 atom stereocenters. The maximum Gasteiger partial charge on any atom is 0.305 e. The van der Waals surface area contributed by atoms with E-state index in [1.807, 2.05) is 12.1 Å². The molecule has 2 bridgehead atoms. The fourth-order valence-corrected chi connectivity index (χ4v) is 4.96. The normalized spacial score (nSPS) is 28.1. The topological polar surface area (TPSA) is 76.1 Å². The number of carboxylic acid groups (broad SMARTS) is 1. The second kappa shape index (κ2) is 6.91. The molecule has 1 amide bonds. The summed E-state index contributed by atoms with van der Waals surface area (Å²) in [5.74, 6) is 1.17. The van der Waals surface area contributed by atoms with Crippen molar-refractivity contribution in [2.45, 2.75) is 31.7 Å². The van der Waals surface area contributed by atoms with Crippen molar-refractivity contribution in [2.24, 2.45) is 17.8 Å². The van der Waals surface area contributed by atoms with Gasteiger partial charge in [0.05, 0.1) is 26.7 Å². The first kappa shape index (κ1) is 17.9. The second-order valence-electron chi connectivity index (χ2n) is 7.69. The van der Waals surface area contributed by atoms with E-state index in [9.17, 15) is 14.7 Å². The predicted octanol–water partition coefficient (Wildman–Crippen LogP) is 2.82. The van der Waals surface area contributed by atoms with Gasteiger partial charge in [-0.1, -0.05) is 12.2 Å². The van der Waals surface area contributed by atoms with Crippen LogP contribution in [0.5, 0.6) is 11.5 Å². The number of rotatable bonds is 5. The summed E-state index contributed by atoms with van der Waals surface area (Å²) < 4.78 is 10.8. The Balaban J connectivity index is 1.68. The second-order valence-corrected chi connectivity index (χ2v) is 7.69. The summed E-state index contributed by atoms with van der Waals surface area (Å²) in [6.07, 6.45) is 6.89. The van der Waals surface area contributed by atoms with E-state index in [1.54, 1.807) is 19.1 Å². The molecule has 1 aromatic rings. The van der Waals surface area contributed by atoms with E-state index in [1.165, 1.54) is 0 Å². The first-order valence-corrected chi connectivity index (χ1v) is 9.47. The lowest BCUT2D eigenvalue weighted by molar-refractivity contribution is -0.143. The van der Waals surface area contributed by atoms with Crippen LogP contribution in [-0.4, -0.2) is 42.6 Å². The molecule has 6 heteroatoms. The van der Waals surface area contributed by atoms with Gasteiger partial charge in [-0.2, -0.15) is 0 Å². The molecule has 1 heterocycles. The number of carboxylic acids is 1. The fourth-order valence-electron chi connectivity index (χ4n) is 4.96. The van der Waals surface area contributed by atoms with Gasteiger partial charge in [0.1, 0.15) is 0 Å². The highest BCUT2D eigenvalue weighted by Gasteiger charge is 2.44. The maximum absolute atomic E-state index is 13.3. The van der Waals surface area contributed by atoms with Crippen molar-refractivity contribution >= 4 is 11.9 Å². The quantitative estimate of drug-likeness (QED) is 0.806. The van der Waals surface area contributed by atoms with E-state index >= 15 is 0 Å². The maximum atomic E-state index is 13.3. The highest BCUT2D eigenvalue weighted by molar-refractivity contribution is 5.82. The molecule has 1 aliphatic heterocycles. The molecule has 0 spiro atoms. The van der Waals surface area contributed by atoms with Gasteiger partial charge in [0.25, 0.3) is 0 Å². The van der Waals surface area contributed by atoms with Crippen molar-refractivity contribution in [3.8, 4) is 11.5 Å². The third-order valence-electron chi connectivity index (χ3n) is 6.25. The van der Waals surface area contributed by atoms with Crippen LogP contribution >= 0.6 is 0 Å². The number of benzene rings is 1. The summed E-state index contributed by atoms with van der Waals surface area (Å²) in [5, 5.41) is 9.48. The molecule has 3 aliphatic rings. The molecular formula is C21H25NO5. The first-order valence-electron chi connectivity index (χ1n) is 9.47. The Bertz CT molecular complexity index is 802. The van der Waals surface area contributed by atoms with E-state index in [0.717, 1.165) is 24.0 Å². The molecule has 144 valence electrons. The number of hydrogen-bond donors (Lipinski definition) is 1. The molecule has 0 aromatic heterocycles. The van der Waals surface area contributed by atoms with Crippen molar-refractivity contribution in [3.63, 3.8) is 0 Å². The van der Waals surface area contributed by atoms with Gasteiger partial charge in [-0.3, -0.25) is 9.59 Å². The Morgan fingerprint density at radius 3 is 2.48 bits per heavy atom. The highest BCUT2D eigenvalue weighted by atomic mass is 16.5. The van der Waals surface area contributed by atoms with Gasteiger partial charge in [0, 0.05) is 12.5 Å². The van der Waals surface area contributed by atoms with E-state index in [2.05, 4.69) is 12.2 Å². The number of methoxy groups -OCH3 is 2. The molecule has 2 aliphatic carbocycles. The molecule has 1 saturated carbocycles. The van der Waals surface area contributed by atoms with Gasteiger partial charge in [0.2, 0.25) is 5.91 Å². The molecule has 6 nitrogen and oxygen atoms in total. The third kappa shape index (κ3) is 3.07. The van der Waals surface area contributed by atoms with Crippen molar-refractivity contribution in [1.29, 1.82) is 0 Å². The van der Waals surface area contributed by atoms with Crippen molar-refractivity contribution < 1.29 is 24.2 Å². The molecule has 27 heavy (non-hydrogen) atoms. The summed E-state index contributed by atoms with van der Waals surface area (Å²) in [5.41, 5.74) is 1.88. The summed E-state index contributed by atoms with van der Waals surface area (Å²) in [6, 6.07) is 3.27. The van der Waals surface area contributed by atoms with E-state index in [-0.39, 0.29) is 18.2 Å². The van der Waals surface area contributed by atoms with Gasteiger partial charge >= 0.3 is 5.97 Å². The van der Waals surface area contributed by atoms with Crippen LogP contribution in [0.3, 0.4) is 0 Å². The van der Waals surface area contributed by atoms with Crippen LogP contribution in [-0.2, 0) is 16.0 Å². The van der Waals surface area contributed by atoms with Crippen molar-refractivity contribution in [1.82, 2.24) is 4.90 Å². The van der Waals surface area contributed by atoms with Crippen LogP contribution in [0.4, 0.5) is 0 Å². The minimum atomic E-state index is -0.909. The zero-order valence-corrected chi connectivity index (χ0v) is 15.7. The fraction of sp³-hybridized carbons (Fsp3) is 0.524. The summed E-state index contributed by atoms with van der Waals surface area (Å²) >= 11 is 0. The molecule has 0 saturated heterocycles. The SMILES string of the molecule is COc1cc2c(cc1OC)C(CC(=O)O)N(C(=O)C1CC3C=CC1C3)CC2. The van der Waals surface area contributed by atoms with Crippen LogP contribution in [0.15, 0.2) is 24.3 Å². The smallest absolute Gasteiger partial charge is 0.305 e. The lowest BCUT2D eigenvalue weighted by Crippen LogP contribution is -2.44. The number of aliphatic carboxylic acids is 1. The van der Waals surface area contributed by atoms with Crippen LogP contribution < -0.4 is 9.47 Å². The predicted molar refractivity (Wildman–Crippen MR) is 98.8 cm³/mol. The van der Waals surface area contributed by atoms with Gasteiger partial charge < -0.3 is 19.5 Å². The summed E-state index contributed by atoms with van der Waals surface area (Å²) in [4.78, 5) is 26.7. The lowest BCUT2D eigenvalue weighted by atomic mass is 9.86. The third-order valence-corrected chi connectivity index (χ3v) is 6.25. The van der Waals surface area contributed by atoms with Crippen LogP contribution in [0.25, 0.3) is 0 Å². The average molecular weight is 371 g/mol. The Kier molecular flexibility index (Phi) is 4.58. The zero-order valence-electron chi connectivity index (χ0n) is 15.7. The molecule has 1 fully saturated rings. The average Bonchev–Trinajstić information content (AvgIpc) is 3.29. The van der Waals surface area contributed by atoms with E-state index < -0.39 is 12.0 Å². The number of carbonyl (C=O) groups excluding carboxylic acids is 1. The van der Waals surface area contributed by atoms with Crippen LogP contribution in [0.1, 0.15) is 36.4 Å².